The second-order valence-corrected chi connectivity index (χ2v) is 10.8. The molecule has 9 nitrogen and oxygen atoms in total. The zero-order valence-electron chi connectivity index (χ0n) is 24.8. The Morgan fingerprint density at radius 1 is 1.02 bits per heavy atom. The van der Waals surface area contributed by atoms with E-state index in [0.717, 1.165) is 36.2 Å². The van der Waals surface area contributed by atoms with Gasteiger partial charge in [0.15, 0.2) is 28.2 Å². The van der Waals surface area contributed by atoms with E-state index in [9.17, 15) is 19.5 Å². The van der Waals surface area contributed by atoms with Crippen molar-refractivity contribution >= 4 is 40.2 Å². The van der Waals surface area contributed by atoms with Crippen molar-refractivity contribution in [1.29, 1.82) is 0 Å². The molecule has 1 N–H and O–H groups in total. The molecule has 0 aliphatic carbocycles. The number of carbonyl (C=O) groups is 3. The van der Waals surface area contributed by atoms with Gasteiger partial charge in [0.25, 0.3) is 5.91 Å². The summed E-state index contributed by atoms with van der Waals surface area (Å²) in [5, 5.41) is 11.3. The van der Waals surface area contributed by atoms with Crippen molar-refractivity contribution in [2.45, 2.75) is 53.0 Å². The monoisotopic (exact) mass is 604 g/mol. The number of thiazole rings is 1. The Morgan fingerprint density at radius 2 is 1.79 bits per heavy atom. The summed E-state index contributed by atoms with van der Waals surface area (Å²) in [6.07, 6.45) is 5.94. The van der Waals surface area contributed by atoms with Gasteiger partial charge in [-0.15, -0.1) is 0 Å². The van der Waals surface area contributed by atoms with Gasteiger partial charge in [0.2, 0.25) is 0 Å². The molecule has 0 saturated heterocycles. The van der Waals surface area contributed by atoms with Crippen molar-refractivity contribution in [3.8, 4) is 11.5 Å². The van der Waals surface area contributed by atoms with Gasteiger partial charge in [0, 0.05) is 0 Å². The maximum atomic E-state index is 13.7. The van der Waals surface area contributed by atoms with Gasteiger partial charge in [0.05, 0.1) is 37.1 Å². The van der Waals surface area contributed by atoms with E-state index in [-0.39, 0.29) is 22.2 Å². The molecule has 2 heterocycles. The normalized spacial score (nSPS) is 14.9. The zero-order chi connectivity index (χ0) is 30.9. The van der Waals surface area contributed by atoms with Crippen LogP contribution in [0.2, 0.25) is 0 Å². The lowest BCUT2D eigenvalue weighted by atomic mass is 9.95. The molecule has 43 heavy (non-hydrogen) atoms. The van der Waals surface area contributed by atoms with Crippen molar-refractivity contribution in [2.24, 2.45) is 0 Å². The van der Waals surface area contributed by atoms with Crippen LogP contribution in [0.3, 0.4) is 0 Å². The van der Waals surface area contributed by atoms with E-state index in [1.165, 1.54) is 11.0 Å². The fourth-order valence-corrected chi connectivity index (χ4v) is 5.67. The Hall–Kier alpha value is -4.44. The van der Waals surface area contributed by atoms with Crippen LogP contribution in [0, 0.1) is 6.92 Å². The molecule has 1 aliphatic heterocycles. The minimum Gasteiger partial charge on any atom is -0.503 e. The van der Waals surface area contributed by atoms with Crippen molar-refractivity contribution in [2.75, 3.05) is 24.7 Å². The molecule has 0 spiro atoms. The molecule has 1 aliphatic rings. The lowest BCUT2D eigenvalue weighted by Crippen LogP contribution is -2.31. The average molecular weight is 605 g/mol. The molecule has 4 rings (SSSR count). The molecule has 10 heteroatoms. The molecule has 3 aromatic rings. The fourth-order valence-electron chi connectivity index (χ4n) is 4.68. The number of allylic oxidation sites excluding steroid dienone is 1. The number of nitrogens with zero attached hydrogens (tertiary/aromatic N) is 2. The standard InChI is InChI=1S/C33H36N2O7S/c1-5-8-12-19-42-25-18-16-23(20-26(25)40-6-2)28-27(24(36)17-15-22-13-10-9-11-14-22)29(37)31(38)35(28)33-34-21(4)30(43-33)32(39)41-7-3/h9-11,13-18,20,28,37H,5-8,12,19H2,1-4H3. The first kappa shape index (κ1) is 31.5. The summed E-state index contributed by atoms with van der Waals surface area (Å²) in [6.45, 7) is 8.37. The van der Waals surface area contributed by atoms with Gasteiger partial charge in [-0.2, -0.15) is 0 Å². The minimum absolute atomic E-state index is 0.109. The summed E-state index contributed by atoms with van der Waals surface area (Å²) >= 11 is 0.963. The summed E-state index contributed by atoms with van der Waals surface area (Å²) in [5.74, 6) is -1.60. The van der Waals surface area contributed by atoms with E-state index in [0.29, 0.717) is 36.0 Å². The molecular formula is C33H36N2O7S. The smallest absolute Gasteiger partial charge is 0.350 e. The number of aryl methyl sites for hydroxylation is 1. The molecule has 0 bridgehead atoms. The van der Waals surface area contributed by atoms with Gasteiger partial charge < -0.3 is 19.3 Å². The van der Waals surface area contributed by atoms with Gasteiger partial charge in [-0.05, 0) is 56.5 Å². The van der Waals surface area contributed by atoms with Crippen molar-refractivity contribution in [3.05, 3.63) is 87.6 Å². The number of aromatic nitrogens is 1. The van der Waals surface area contributed by atoms with Crippen LogP contribution in [0.1, 0.15) is 72.6 Å². The molecule has 0 fully saturated rings. The number of benzene rings is 2. The van der Waals surface area contributed by atoms with Crippen molar-refractivity contribution in [1.82, 2.24) is 4.98 Å². The SMILES string of the molecule is CCCCCOc1ccc(C2C(C(=O)C=Cc3ccccc3)=C(O)C(=O)N2c2nc(C)c(C(=O)OCC)s2)cc1OCC. The highest BCUT2D eigenvalue weighted by molar-refractivity contribution is 7.17. The summed E-state index contributed by atoms with van der Waals surface area (Å²) in [4.78, 5) is 45.8. The van der Waals surface area contributed by atoms with Crippen LogP contribution in [-0.4, -0.2) is 47.6 Å². The van der Waals surface area contributed by atoms with E-state index >= 15 is 0 Å². The van der Waals surface area contributed by atoms with Crippen LogP contribution in [-0.2, 0) is 14.3 Å². The van der Waals surface area contributed by atoms with Crippen LogP contribution in [0.15, 0.2) is 65.9 Å². The quantitative estimate of drug-likeness (QED) is 0.122. The number of anilines is 1. The third-order valence-electron chi connectivity index (χ3n) is 6.74. The highest BCUT2D eigenvalue weighted by Gasteiger charge is 2.45. The first-order valence-corrected chi connectivity index (χ1v) is 15.2. The number of ether oxygens (including phenoxy) is 3. The number of aliphatic hydroxyl groups is 1. The largest absolute Gasteiger partial charge is 0.503 e. The summed E-state index contributed by atoms with van der Waals surface area (Å²) in [6, 6.07) is 13.4. The van der Waals surface area contributed by atoms with Crippen LogP contribution < -0.4 is 14.4 Å². The summed E-state index contributed by atoms with van der Waals surface area (Å²) in [7, 11) is 0. The highest BCUT2D eigenvalue weighted by Crippen LogP contribution is 2.45. The Morgan fingerprint density at radius 3 is 2.49 bits per heavy atom. The van der Waals surface area contributed by atoms with Crippen LogP contribution in [0.4, 0.5) is 5.13 Å². The van der Waals surface area contributed by atoms with Gasteiger partial charge >= 0.3 is 5.97 Å². The number of hydrogen-bond acceptors (Lipinski definition) is 9. The highest BCUT2D eigenvalue weighted by atomic mass is 32.1. The Kier molecular flexibility index (Phi) is 10.7. The number of aliphatic hydroxyl groups excluding tert-OH is 1. The molecule has 0 radical (unpaired) electrons. The molecule has 226 valence electrons. The zero-order valence-corrected chi connectivity index (χ0v) is 25.6. The summed E-state index contributed by atoms with van der Waals surface area (Å²) in [5.41, 5.74) is 1.55. The molecule has 0 saturated carbocycles. The molecule has 1 aromatic heterocycles. The Bertz CT molecular complexity index is 1530. The maximum Gasteiger partial charge on any atom is 0.350 e. The van der Waals surface area contributed by atoms with Crippen LogP contribution >= 0.6 is 11.3 Å². The van der Waals surface area contributed by atoms with E-state index in [1.807, 2.05) is 37.3 Å². The molecule has 1 unspecified atom stereocenters. The van der Waals surface area contributed by atoms with Crippen LogP contribution in [0.25, 0.3) is 6.08 Å². The predicted octanol–water partition coefficient (Wildman–Crippen LogP) is 6.78. The van der Waals surface area contributed by atoms with E-state index < -0.39 is 29.5 Å². The topological polar surface area (TPSA) is 115 Å². The maximum absolute atomic E-state index is 13.7. The lowest BCUT2D eigenvalue weighted by Gasteiger charge is -2.25. The second-order valence-electron chi connectivity index (χ2n) is 9.77. The number of unbranched alkanes of at least 4 members (excludes halogenated alkanes) is 2. The number of hydrogen-bond donors (Lipinski definition) is 1. The number of rotatable bonds is 14. The lowest BCUT2D eigenvalue weighted by molar-refractivity contribution is -0.117. The van der Waals surface area contributed by atoms with Gasteiger partial charge in [-0.1, -0.05) is 73.6 Å². The van der Waals surface area contributed by atoms with E-state index in [4.69, 9.17) is 14.2 Å². The number of amides is 1. The average Bonchev–Trinajstić information content (AvgIpc) is 3.51. The number of carbonyl (C=O) groups excluding carboxylic acids is 3. The van der Waals surface area contributed by atoms with Gasteiger partial charge in [-0.3, -0.25) is 14.5 Å². The first-order valence-electron chi connectivity index (χ1n) is 14.4. The van der Waals surface area contributed by atoms with Crippen LogP contribution in [0.5, 0.6) is 11.5 Å². The molecular weight excluding hydrogens is 568 g/mol. The second kappa shape index (κ2) is 14.6. The number of ketones is 1. The van der Waals surface area contributed by atoms with E-state index in [2.05, 4.69) is 11.9 Å². The minimum atomic E-state index is -1.05. The molecule has 2 aromatic carbocycles. The third kappa shape index (κ3) is 7.14. The first-order chi connectivity index (χ1) is 20.8. The predicted molar refractivity (Wildman–Crippen MR) is 166 cm³/mol. The summed E-state index contributed by atoms with van der Waals surface area (Å²) < 4.78 is 17.0. The Balaban J connectivity index is 1.79. The van der Waals surface area contributed by atoms with E-state index in [1.54, 1.807) is 38.1 Å². The fraction of sp³-hybridized carbons (Fsp3) is 0.333. The molecule has 1 amide bonds. The Labute approximate surface area is 255 Å². The molecule has 1 atom stereocenters. The number of esters is 1. The van der Waals surface area contributed by atoms with Crippen molar-refractivity contribution in [3.63, 3.8) is 0 Å². The van der Waals surface area contributed by atoms with Gasteiger partial charge in [0.1, 0.15) is 4.88 Å². The van der Waals surface area contributed by atoms with Crippen molar-refractivity contribution < 1.29 is 33.7 Å². The van der Waals surface area contributed by atoms with Gasteiger partial charge in [-0.25, -0.2) is 9.78 Å². The third-order valence-corrected chi connectivity index (χ3v) is 7.88.